The van der Waals surface area contributed by atoms with E-state index < -0.39 is 11.7 Å². The molecule has 1 aromatic carbocycles. The van der Waals surface area contributed by atoms with Crippen molar-refractivity contribution in [1.82, 2.24) is 10.9 Å². The summed E-state index contributed by atoms with van der Waals surface area (Å²) in [6.45, 7) is 19.4. The van der Waals surface area contributed by atoms with Crippen LogP contribution < -0.4 is 15.4 Å². The van der Waals surface area contributed by atoms with Crippen LogP contribution >= 0.6 is 0 Å². The highest BCUT2D eigenvalue weighted by Gasteiger charge is 2.22. The molecule has 0 aliphatic heterocycles. The van der Waals surface area contributed by atoms with E-state index in [1.165, 1.54) is 16.7 Å². The van der Waals surface area contributed by atoms with Crippen LogP contribution in [-0.2, 0) is 33.3 Å². The van der Waals surface area contributed by atoms with Crippen molar-refractivity contribution < 1.29 is 18.9 Å². The van der Waals surface area contributed by atoms with Gasteiger partial charge in [-0.2, -0.15) is 0 Å². The number of carbonyl (C=O) groups excluding carboxylic acids is 2. The van der Waals surface area contributed by atoms with E-state index in [0.29, 0.717) is 6.54 Å². The summed E-state index contributed by atoms with van der Waals surface area (Å²) in [5.41, 5.74) is 8.88. The van der Waals surface area contributed by atoms with Gasteiger partial charge in [0, 0.05) is 17.2 Å². The lowest BCUT2D eigenvalue weighted by Gasteiger charge is -2.25. The molecule has 1 aromatic heterocycles. The Balaban J connectivity index is 2.12. The second-order valence-corrected chi connectivity index (χ2v) is 11.7. The van der Waals surface area contributed by atoms with E-state index in [1.54, 1.807) is 20.8 Å². The van der Waals surface area contributed by atoms with E-state index in [0.717, 1.165) is 5.56 Å². The van der Waals surface area contributed by atoms with Gasteiger partial charge in [0.05, 0.1) is 6.42 Å². The first-order valence-electron chi connectivity index (χ1n) is 11.4. The van der Waals surface area contributed by atoms with Crippen LogP contribution in [0.1, 0.15) is 84.6 Å². The average molecular weight is 455 g/mol. The maximum absolute atomic E-state index is 12.3. The maximum atomic E-state index is 12.3. The minimum atomic E-state index is -0.688. The molecule has 0 saturated carbocycles. The van der Waals surface area contributed by atoms with Crippen molar-refractivity contribution in [2.45, 2.75) is 91.7 Å². The van der Waals surface area contributed by atoms with Crippen LogP contribution in [0.2, 0.25) is 0 Å². The van der Waals surface area contributed by atoms with Crippen LogP contribution in [0.15, 0.2) is 42.7 Å². The molecular weight excluding hydrogens is 414 g/mol. The Morgan fingerprint density at radius 3 is 1.94 bits per heavy atom. The van der Waals surface area contributed by atoms with Gasteiger partial charge in [0.25, 0.3) is 0 Å². The molecular formula is C27H40N3O3+. The molecule has 0 bridgehead atoms. The van der Waals surface area contributed by atoms with Gasteiger partial charge in [-0.05, 0) is 60.9 Å². The van der Waals surface area contributed by atoms with E-state index in [2.05, 4.69) is 75.2 Å². The van der Waals surface area contributed by atoms with Crippen LogP contribution in [0.25, 0.3) is 0 Å². The van der Waals surface area contributed by atoms with Crippen molar-refractivity contribution in [2.75, 3.05) is 0 Å². The van der Waals surface area contributed by atoms with Gasteiger partial charge in [-0.1, -0.05) is 47.6 Å². The number of ether oxygens (including phenoxy) is 1. The highest BCUT2D eigenvalue weighted by atomic mass is 16.6. The van der Waals surface area contributed by atoms with Crippen LogP contribution in [0.3, 0.4) is 0 Å². The number of hydrogen-bond donors (Lipinski definition) is 2. The van der Waals surface area contributed by atoms with Crippen LogP contribution in [0.4, 0.5) is 4.79 Å². The topological polar surface area (TPSA) is 71.3 Å². The van der Waals surface area contributed by atoms with Crippen LogP contribution in [0.5, 0.6) is 0 Å². The number of pyridine rings is 1. The Morgan fingerprint density at radius 1 is 0.848 bits per heavy atom. The highest BCUT2D eigenvalue weighted by Crippen LogP contribution is 2.30. The molecule has 0 fully saturated rings. The molecule has 0 spiro atoms. The Morgan fingerprint density at radius 2 is 1.42 bits per heavy atom. The SMILES string of the molecule is CC(C)(C)OC(=O)NNC(=O)Cc1ccc[n+](Cc2cc(C(C)(C)C)cc(C(C)(C)C)c2)c1. The third-order valence-electron chi connectivity index (χ3n) is 5.08. The lowest BCUT2D eigenvalue weighted by molar-refractivity contribution is -0.688. The number of hydrogen-bond acceptors (Lipinski definition) is 3. The Bertz CT molecular complexity index is 961. The van der Waals surface area contributed by atoms with E-state index in [-0.39, 0.29) is 23.2 Å². The van der Waals surface area contributed by atoms with Crippen molar-refractivity contribution in [2.24, 2.45) is 0 Å². The fourth-order valence-electron chi connectivity index (χ4n) is 3.29. The minimum Gasteiger partial charge on any atom is -0.443 e. The third-order valence-corrected chi connectivity index (χ3v) is 5.08. The molecule has 0 aliphatic rings. The van der Waals surface area contributed by atoms with Crippen LogP contribution in [0, 0.1) is 0 Å². The smallest absolute Gasteiger partial charge is 0.426 e. The zero-order chi connectivity index (χ0) is 25.0. The van der Waals surface area contributed by atoms with Crippen molar-refractivity contribution in [3.05, 3.63) is 65.0 Å². The highest BCUT2D eigenvalue weighted by molar-refractivity contribution is 5.80. The first-order valence-corrected chi connectivity index (χ1v) is 11.4. The summed E-state index contributed by atoms with van der Waals surface area (Å²) < 4.78 is 7.20. The van der Waals surface area contributed by atoms with Crippen LogP contribution in [-0.4, -0.2) is 17.6 Å². The zero-order valence-corrected chi connectivity index (χ0v) is 21.6. The molecule has 0 aliphatic carbocycles. The predicted molar refractivity (Wildman–Crippen MR) is 131 cm³/mol. The quantitative estimate of drug-likeness (QED) is 0.519. The summed E-state index contributed by atoms with van der Waals surface area (Å²) in [7, 11) is 0. The molecule has 0 saturated heterocycles. The van der Waals surface area contributed by atoms with Gasteiger partial charge in [0.2, 0.25) is 5.91 Å². The van der Waals surface area contributed by atoms with E-state index in [9.17, 15) is 9.59 Å². The summed E-state index contributed by atoms with van der Waals surface area (Å²) in [6.07, 6.45) is 3.42. The first-order chi connectivity index (χ1) is 15.0. The van der Waals surface area contributed by atoms with Crippen molar-refractivity contribution >= 4 is 12.0 Å². The molecule has 0 atom stereocenters. The lowest BCUT2D eigenvalue weighted by atomic mass is 9.79. The number of amides is 2. The minimum absolute atomic E-state index is 0.0573. The summed E-state index contributed by atoms with van der Waals surface area (Å²) in [4.78, 5) is 24.0. The second-order valence-electron chi connectivity index (χ2n) is 11.7. The number of rotatable bonds is 4. The monoisotopic (exact) mass is 454 g/mol. The molecule has 1 heterocycles. The summed E-state index contributed by atoms with van der Waals surface area (Å²) in [6, 6.07) is 10.7. The summed E-state index contributed by atoms with van der Waals surface area (Å²) in [5, 5.41) is 0. The average Bonchev–Trinajstić information content (AvgIpc) is 2.64. The molecule has 2 aromatic rings. The standard InChI is InChI=1S/C27H39N3O3/c1-25(2,3)21-13-20(14-22(16-21)26(4,5)6)18-30-12-10-11-19(17-30)15-23(31)28-29-24(32)33-27(7,8)9/h10-14,16-17H,15,18H2,1-9H3,(H-,28,29,31,32)/p+1. The van der Waals surface area contributed by atoms with Gasteiger partial charge in [0.1, 0.15) is 5.60 Å². The summed E-state index contributed by atoms with van der Waals surface area (Å²) in [5.74, 6) is -0.316. The van der Waals surface area contributed by atoms with Gasteiger partial charge < -0.3 is 4.74 Å². The van der Waals surface area contributed by atoms with Gasteiger partial charge in [0.15, 0.2) is 18.9 Å². The number of nitrogens with one attached hydrogen (secondary N) is 2. The molecule has 2 rings (SSSR count). The Hall–Kier alpha value is -2.89. The zero-order valence-electron chi connectivity index (χ0n) is 21.6. The molecule has 180 valence electrons. The Kier molecular flexibility index (Phi) is 7.94. The van der Waals surface area contributed by atoms with Gasteiger partial charge in [-0.15, -0.1) is 0 Å². The Labute approximate surface area is 198 Å². The largest absolute Gasteiger partial charge is 0.443 e. The molecule has 33 heavy (non-hydrogen) atoms. The molecule has 0 radical (unpaired) electrons. The number of benzene rings is 1. The second kappa shape index (κ2) is 9.94. The normalized spacial score (nSPS) is 12.3. The molecule has 0 unspecified atom stereocenters. The van der Waals surface area contributed by atoms with Gasteiger partial charge in [-0.25, -0.2) is 14.8 Å². The van der Waals surface area contributed by atoms with Gasteiger partial charge in [-0.3, -0.25) is 10.2 Å². The van der Waals surface area contributed by atoms with Crippen molar-refractivity contribution in [3.63, 3.8) is 0 Å². The van der Waals surface area contributed by atoms with E-state index >= 15 is 0 Å². The van der Waals surface area contributed by atoms with Gasteiger partial charge >= 0.3 is 6.09 Å². The van der Waals surface area contributed by atoms with Crippen molar-refractivity contribution in [3.8, 4) is 0 Å². The predicted octanol–water partition coefficient (Wildman–Crippen LogP) is 4.72. The van der Waals surface area contributed by atoms with E-state index in [4.69, 9.17) is 4.74 Å². The van der Waals surface area contributed by atoms with E-state index in [1.807, 2.05) is 24.5 Å². The number of aromatic nitrogens is 1. The number of nitrogens with zero attached hydrogens (tertiary/aromatic N) is 1. The molecule has 6 heteroatoms. The maximum Gasteiger partial charge on any atom is 0.426 e. The molecule has 2 N–H and O–H groups in total. The fourth-order valence-corrected chi connectivity index (χ4v) is 3.29. The number of hydrazine groups is 1. The molecule has 6 nitrogen and oxygen atoms in total. The number of carbonyl (C=O) groups is 2. The lowest BCUT2D eigenvalue weighted by Crippen LogP contribution is -2.45. The fraction of sp³-hybridized carbons (Fsp3) is 0.519. The van der Waals surface area contributed by atoms with Crippen molar-refractivity contribution in [1.29, 1.82) is 0 Å². The first kappa shape index (κ1) is 26.4. The third kappa shape index (κ3) is 8.87. The molecule has 2 amide bonds. The summed E-state index contributed by atoms with van der Waals surface area (Å²) >= 11 is 0.